The lowest BCUT2D eigenvalue weighted by atomic mass is 9.92. The summed E-state index contributed by atoms with van der Waals surface area (Å²) in [6, 6.07) is 4.14. The van der Waals surface area contributed by atoms with Crippen LogP contribution in [0.25, 0.3) is 11.0 Å². The molecule has 34 heavy (non-hydrogen) atoms. The predicted molar refractivity (Wildman–Crippen MR) is 128 cm³/mol. The Kier molecular flexibility index (Phi) is 6.89. The first-order valence-electron chi connectivity index (χ1n) is 11.5. The van der Waals surface area contributed by atoms with Crippen molar-refractivity contribution >= 4 is 16.9 Å². The zero-order valence-corrected chi connectivity index (χ0v) is 20.2. The van der Waals surface area contributed by atoms with Gasteiger partial charge in [-0.2, -0.15) is 0 Å². The summed E-state index contributed by atoms with van der Waals surface area (Å²) < 4.78 is 47.1. The lowest BCUT2D eigenvalue weighted by molar-refractivity contribution is -0.0103. The van der Waals surface area contributed by atoms with Gasteiger partial charge >= 0.3 is 0 Å². The number of hydrogen-bond acceptors (Lipinski definition) is 5. The zero-order chi connectivity index (χ0) is 24.5. The standard InChI is InChI=1S/C26H31F2N3O3/c1-15(2)18-11-30-25-23(18)21(6-7-29-25)34-24-19(27)8-17(9-20(24)28)10-22-31-12-26(5,14-33-22)13-32-16(3)4/h6-9,11,15-16H,10,12-14H2,1-5H3,(H,29,30). The molecule has 1 aliphatic rings. The molecule has 0 aliphatic carbocycles. The Bertz CT molecular complexity index is 1180. The van der Waals surface area contributed by atoms with Gasteiger partial charge in [-0.05, 0) is 49.1 Å². The number of ether oxygens (including phenoxy) is 3. The van der Waals surface area contributed by atoms with Gasteiger partial charge in [0.05, 0.1) is 31.2 Å². The summed E-state index contributed by atoms with van der Waals surface area (Å²) in [5.74, 6) is -1.02. The summed E-state index contributed by atoms with van der Waals surface area (Å²) in [7, 11) is 0. The van der Waals surface area contributed by atoms with E-state index in [4.69, 9.17) is 14.2 Å². The van der Waals surface area contributed by atoms with Crippen LogP contribution < -0.4 is 4.74 Å². The average Bonchev–Trinajstić information content (AvgIpc) is 3.22. The van der Waals surface area contributed by atoms with E-state index in [1.54, 1.807) is 12.3 Å². The minimum absolute atomic E-state index is 0.131. The number of aliphatic imine (C=N–C) groups is 1. The number of halogens is 2. The van der Waals surface area contributed by atoms with Crippen molar-refractivity contribution in [3.8, 4) is 11.5 Å². The molecule has 1 N–H and O–H groups in total. The Labute approximate surface area is 198 Å². The summed E-state index contributed by atoms with van der Waals surface area (Å²) in [6.07, 6.45) is 3.72. The number of benzene rings is 1. The number of aromatic nitrogens is 2. The van der Waals surface area contributed by atoms with Crippen molar-refractivity contribution in [3.05, 3.63) is 53.4 Å². The molecule has 1 aromatic carbocycles. The van der Waals surface area contributed by atoms with Crippen LogP contribution in [0, 0.1) is 17.0 Å². The molecular weight excluding hydrogens is 440 g/mol. The molecule has 0 radical (unpaired) electrons. The van der Waals surface area contributed by atoms with E-state index in [1.807, 2.05) is 40.8 Å². The molecule has 2 aromatic heterocycles. The third kappa shape index (κ3) is 5.22. The maximum Gasteiger partial charge on any atom is 0.198 e. The molecule has 4 rings (SSSR count). The van der Waals surface area contributed by atoms with E-state index < -0.39 is 17.4 Å². The van der Waals surface area contributed by atoms with Crippen molar-refractivity contribution < 1.29 is 23.0 Å². The van der Waals surface area contributed by atoms with Crippen molar-refractivity contribution in [2.75, 3.05) is 19.8 Å². The second-order valence-corrected chi connectivity index (χ2v) is 9.77. The van der Waals surface area contributed by atoms with Gasteiger partial charge in [-0.3, -0.25) is 4.99 Å². The fourth-order valence-electron chi connectivity index (χ4n) is 3.88. The molecule has 182 valence electrons. The third-order valence-corrected chi connectivity index (χ3v) is 5.80. The molecule has 8 heteroatoms. The number of hydrogen-bond donors (Lipinski definition) is 1. The number of fused-ring (bicyclic) bond motifs is 1. The number of pyridine rings is 1. The highest BCUT2D eigenvalue weighted by molar-refractivity contribution is 5.87. The predicted octanol–water partition coefficient (Wildman–Crippen LogP) is 6.16. The minimum Gasteiger partial charge on any atom is -0.480 e. The first-order valence-corrected chi connectivity index (χ1v) is 11.5. The van der Waals surface area contributed by atoms with Crippen LogP contribution in [0.5, 0.6) is 11.5 Å². The zero-order valence-electron chi connectivity index (χ0n) is 20.2. The Morgan fingerprint density at radius 2 is 1.91 bits per heavy atom. The minimum atomic E-state index is -0.784. The molecule has 0 spiro atoms. The molecule has 3 heterocycles. The number of rotatable bonds is 8. The van der Waals surface area contributed by atoms with Crippen LogP contribution in [0.1, 0.15) is 51.7 Å². The van der Waals surface area contributed by atoms with E-state index in [9.17, 15) is 8.78 Å². The first-order chi connectivity index (χ1) is 16.1. The van der Waals surface area contributed by atoms with Gasteiger partial charge in [0.2, 0.25) is 0 Å². The van der Waals surface area contributed by atoms with Gasteiger partial charge in [0, 0.05) is 24.2 Å². The van der Waals surface area contributed by atoms with Crippen molar-refractivity contribution in [2.24, 2.45) is 10.4 Å². The van der Waals surface area contributed by atoms with Gasteiger partial charge in [-0.25, -0.2) is 13.8 Å². The van der Waals surface area contributed by atoms with E-state index in [0.29, 0.717) is 42.6 Å². The monoisotopic (exact) mass is 471 g/mol. The van der Waals surface area contributed by atoms with Crippen LogP contribution >= 0.6 is 0 Å². The summed E-state index contributed by atoms with van der Waals surface area (Å²) in [5.41, 5.74) is 1.78. The maximum absolute atomic E-state index is 14.9. The van der Waals surface area contributed by atoms with Gasteiger partial charge in [0.15, 0.2) is 23.3 Å². The van der Waals surface area contributed by atoms with E-state index in [0.717, 1.165) is 10.9 Å². The van der Waals surface area contributed by atoms with Gasteiger partial charge in [0.1, 0.15) is 11.4 Å². The topological polar surface area (TPSA) is 68.7 Å². The van der Waals surface area contributed by atoms with Crippen LogP contribution in [0.4, 0.5) is 8.78 Å². The van der Waals surface area contributed by atoms with Crippen LogP contribution in [0.15, 0.2) is 35.6 Å². The second-order valence-electron chi connectivity index (χ2n) is 9.77. The van der Waals surface area contributed by atoms with Crippen molar-refractivity contribution in [1.82, 2.24) is 9.97 Å². The molecule has 1 atom stereocenters. The summed E-state index contributed by atoms with van der Waals surface area (Å²) in [4.78, 5) is 11.9. The average molecular weight is 472 g/mol. The van der Waals surface area contributed by atoms with E-state index in [1.165, 1.54) is 12.1 Å². The lowest BCUT2D eigenvalue weighted by Gasteiger charge is -2.32. The smallest absolute Gasteiger partial charge is 0.198 e. The fourth-order valence-corrected chi connectivity index (χ4v) is 3.88. The molecule has 1 aliphatic heterocycles. The van der Waals surface area contributed by atoms with Gasteiger partial charge < -0.3 is 19.2 Å². The normalized spacial score (nSPS) is 18.4. The highest BCUT2D eigenvalue weighted by atomic mass is 19.1. The van der Waals surface area contributed by atoms with Gasteiger partial charge in [-0.15, -0.1) is 0 Å². The number of nitrogens with one attached hydrogen (secondary N) is 1. The molecule has 1 unspecified atom stereocenters. The van der Waals surface area contributed by atoms with Crippen molar-refractivity contribution in [1.29, 1.82) is 0 Å². The van der Waals surface area contributed by atoms with Crippen LogP contribution in [0.3, 0.4) is 0 Å². The van der Waals surface area contributed by atoms with Gasteiger partial charge in [0.25, 0.3) is 0 Å². The highest BCUT2D eigenvalue weighted by Gasteiger charge is 2.30. The highest BCUT2D eigenvalue weighted by Crippen LogP contribution is 2.36. The van der Waals surface area contributed by atoms with Gasteiger partial charge in [-0.1, -0.05) is 20.8 Å². The molecule has 0 fully saturated rings. The SMILES string of the molecule is CC(C)OCC1(C)CN=C(Cc2cc(F)c(Oc3ccnc4[nH]cc(C(C)C)c34)c(F)c2)OC1. The Morgan fingerprint density at radius 1 is 1.18 bits per heavy atom. The van der Waals surface area contributed by atoms with Crippen molar-refractivity contribution in [2.45, 2.75) is 53.1 Å². The molecule has 0 bridgehead atoms. The molecule has 3 aromatic rings. The van der Waals surface area contributed by atoms with Crippen molar-refractivity contribution in [3.63, 3.8) is 0 Å². The fraction of sp³-hybridized carbons (Fsp3) is 0.462. The number of H-pyrrole nitrogens is 1. The number of aromatic amines is 1. The molecule has 0 saturated carbocycles. The molecular formula is C26H31F2N3O3. The first kappa shape index (κ1) is 24.1. The molecule has 0 saturated heterocycles. The number of nitrogens with zero attached hydrogens (tertiary/aromatic N) is 2. The van der Waals surface area contributed by atoms with Crippen LogP contribution in [-0.2, 0) is 15.9 Å². The molecule has 6 nitrogen and oxygen atoms in total. The summed E-state index contributed by atoms with van der Waals surface area (Å²) >= 11 is 0. The quantitative estimate of drug-likeness (QED) is 0.427. The Balaban J connectivity index is 1.51. The third-order valence-electron chi connectivity index (χ3n) is 5.80. The summed E-state index contributed by atoms with van der Waals surface area (Å²) in [5, 5.41) is 0.717. The Morgan fingerprint density at radius 3 is 2.53 bits per heavy atom. The van der Waals surface area contributed by atoms with E-state index in [2.05, 4.69) is 15.0 Å². The summed E-state index contributed by atoms with van der Waals surface area (Å²) in [6.45, 7) is 11.6. The van der Waals surface area contributed by atoms with E-state index in [-0.39, 0.29) is 23.9 Å². The molecule has 0 amide bonds. The maximum atomic E-state index is 14.9. The Hall–Kier alpha value is -3.00. The lowest BCUT2D eigenvalue weighted by Crippen LogP contribution is -2.38. The second kappa shape index (κ2) is 9.70. The van der Waals surface area contributed by atoms with E-state index >= 15 is 0 Å². The van der Waals surface area contributed by atoms with Crippen LogP contribution in [-0.4, -0.2) is 41.7 Å². The van der Waals surface area contributed by atoms with Crippen LogP contribution in [0.2, 0.25) is 0 Å². The largest absolute Gasteiger partial charge is 0.480 e.